The Hall–Kier alpha value is -2.87. The summed E-state index contributed by atoms with van der Waals surface area (Å²) in [5.74, 6) is -0.111. The van der Waals surface area contributed by atoms with Gasteiger partial charge >= 0.3 is 0 Å². The highest BCUT2D eigenvalue weighted by molar-refractivity contribution is 6.37. The number of ketones is 1. The van der Waals surface area contributed by atoms with Crippen molar-refractivity contribution in [2.24, 2.45) is 0 Å². The largest absolute Gasteiger partial charge is 0.505 e. The lowest BCUT2D eigenvalue weighted by Crippen LogP contribution is -2.47. The van der Waals surface area contributed by atoms with Gasteiger partial charge in [-0.15, -0.1) is 0 Å². The van der Waals surface area contributed by atoms with Gasteiger partial charge in [-0.3, -0.25) is 14.6 Å². The molecule has 0 unspecified atom stereocenters. The van der Waals surface area contributed by atoms with Crippen molar-refractivity contribution < 1.29 is 14.7 Å². The predicted octanol–water partition coefficient (Wildman–Crippen LogP) is 5.71. The van der Waals surface area contributed by atoms with Crippen LogP contribution >= 0.6 is 23.2 Å². The van der Waals surface area contributed by atoms with Crippen LogP contribution in [0.25, 0.3) is 22.0 Å². The molecule has 194 valence electrons. The summed E-state index contributed by atoms with van der Waals surface area (Å²) in [5, 5.41) is 21.2. The average Bonchev–Trinajstić information content (AvgIpc) is 3.43. The van der Waals surface area contributed by atoms with Crippen LogP contribution in [0.15, 0.2) is 36.5 Å². The molecule has 0 bridgehead atoms. The van der Waals surface area contributed by atoms with Crippen LogP contribution in [0.5, 0.6) is 5.75 Å². The van der Waals surface area contributed by atoms with E-state index >= 15 is 0 Å². The Balaban J connectivity index is 1.38. The van der Waals surface area contributed by atoms with Gasteiger partial charge in [0, 0.05) is 23.7 Å². The molecule has 5 rings (SSSR count). The molecule has 1 aliphatic heterocycles. The van der Waals surface area contributed by atoms with Gasteiger partial charge in [0.25, 0.3) is 0 Å². The number of fused-ring (bicyclic) bond motifs is 1. The van der Waals surface area contributed by atoms with Crippen molar-refractivity contribution in [3.63, 3.8) is 0 Å². The van der Waals surface area contributed by atoms with Gasteiger partial charge in [-0.25, -0.2) is 0 Å². The third-order valence-electron chi connectivity index (χ3n) is 7.40. The zero-order valence-electron chi connectivity index (χ0n) is 20.6. The van der Waals surface area contributed by atoms with Crippen LogP contribution in [0.1, 0.15) is 55.8 Å². The number of aromatic nitrogens is 1. The maximum absolute atomic E-state index is 12.5. The Morgan fingerprint density at radius 3 is 2.35 bits per heavy atom. The molecule has 2 fully saturated rings. The number of pyridine rings is 1. The first kappa shape index (κ1) is 25.8. The molecule has 1 amide bonds. The Bertz CT molecular complexity index is 1330. The second kappa shape index (κ2) is 10.9. The van der Waals surface area contributed by atoms with E-state index in [2.05, 4.69) is 20.9 Å². The molecule has 2 heterocycles. The summed E-state index contributed by atoms with van der Waals surface area (Å²) in [6.07, 6.45) is 7.09. The molecule has 2 aromatic carbocycles. The fraction of sp³-hybridized carbons (Fsp3) is 0.393. The number of phenols is 1. The van der Waals surface area contributed by atoms with E-state index in [-0.39, 0.29) is 45.6 Å². The van der Waals surface area contributed by atoms with Crippen LogP contribution in [-0.2, 0) is 4.79 Å². The maximum Gasteiger partial charge on any atom is 0.237 e. The second-order valence-electron chi connectivity index (χ2n) is 9.97. The summed E-state index contributed by atoms with van der Waals surface area (Å²) in [7, 11) is 0. The van der Waals surface area contributed by atoms with Crippen LogP contribution in [0.3, 0.4) is 0 Å². The molecule has 9 heteroatoms. The molecule has 0 radical (unpaired) electrons. The average molecular weight is 541 g/mol. The first-order valence-electron chi connectivity index (χ1n) is 12.7. The predicted molar refractivity (Wildman–Crippen MR) is 148 cm³/mol. The van der Waals surface area contributed by atoms with Gasteiger partial charge in [-0.2, -0.15) is 0 Å². The summed E-state index contributed by atoms with van der Waals surface area (Å²) >= 11 is 12.3. The number of nitrogens with one attached hydrogen (secondary N) is 3. The number of benzene rings is 2. The molecule has 1 aliphatic carbocycles. The second-order valence-corrected chi connectivity index (χ2v) is 10.8. The number of halogens is 2. The Morgan fingerprint density at radius 2 is 1.70 bits per heavy atom. The third kappa shape index (κ3) is 5.54. The van der Waals surface area contributed by atoms with Gasteiger partial charge in [-0.1, -0.05) is 29.3 Å². The minimum Gasteiger partial charge on any atom is -0.505 e. The summed E-state index contributed by atoms with van der Waals surface area (Å²) in [4.78, 5) is 29.6. The fourth-order valence-corrected chi connectivity index (χ4v) is 5.81. The smallest absolute Gasteiger partial charge is 0.237 e. The normalized spacial score (nSPS) is 21.6. The lowest BCUT2D eigenvalue weighted by atomic mass is 9.90. The number of Topliss-reactive ketones (excluding diaryl/α,β-unsaturated/α-hetero) is 1. The minimum atomic E-state index is -0.151. The van der Waals surface area contributed by atoms with Gasteiger partial charge in [0.05, 0.1) is 32.9 Å². The van der Waals surface area contributed by atoms with Gasteiger partial charge in [-0.05, 0) is 87.4 Å². The number of nitrogens with zero attached hydrogens (tertiary/aromatic N) is 1. The van der Waals surface area contributed by atoms with Crippen molar-refractivity contribution >= 4 is 51.5 Å². The number of phenolic OH excluding ortho intramolecular Hbond substituents is 1. The lowest BCUT2D eigenvalue weighted by molar-refractivity contribution is -0.123. The van der Waals surface area contributed by atoms with Crippen molar-refractivity contribution in [2.75, 3.05) is 11.9 Å². The van der Waals surface area contributed by atoms with Crippen LogP contribution in [0.2, 0.25) is 10.0 Å². The molecule has 2 aliphatic rings. The molecule has 1 saturated carbocycles. The van der Waals surface area contributed by atoms with E-state index in [0.717, 1.165) is 72.8 Å². The zero-order chi connectivity index (χ0) is 26.1. The summed E-state index contributed by atoms with van der Waals surface area (Å²) < 4.78 is 0. The molecular weight excluding hydrogens is 511 g/mol. The maximum atomic E-state index is 12.5. The van der Waals surface area contributed by atoms with E-state index in [0.29, 0.717) is 5.56 Å². The van der Waals surface area contributed by atoms with Crippen molar-refractivity contribution in [2.45, 2.75) is 63.6 Å². The Kier molecular flexibility index (Phi) is 7.56. The number of carbonyl (C=O) groups excluding carboxylic acids is 2. The highest BCUT2D eigenvalue weighted by Crippen LogP contribution is 2.38. The zero-order valence-corrected chi connectivity index (χ0v) is 22.1. The number of hydrogen-bond donors (Lipinski definition) is 4. The van der Waals surface area contributed by atoms with E-state index in [4.69, 9.17) is 23.2 Å². The van der Waals surface area contributed by atoms with E-state index in [1.807, 2.05) is 18.2 Å². The van der Waals surface area contributed by atoms with Crippen LogP contribution in [0, 0.1) is 0 Å². The first-order valence-corrected chi connectivity index (χ1v) is 13.5. The molecule has 1 atom stereocenters. The quantitative estimate of drug-likeness (QED) is 0.298. The molecule has 3 aromatic rings. The summed E-state index contributed by atoms with van der Waals surface area (Å²) in [6, 6.07) is 9.39. The lowest BCUT2D eigenvalue weighted by Gasteiger charge is -2.31. The number of anilines is 1. The Morgan fingerprint density at radius 1 is 1.00 bits per heavy atom. The summed E-state index contributed by atoms with van der Waals surface area (Å²) in [5.41, 5.74) is 3.65. The van der Waals surface area contributed by atoms with Crippen molar-refractivity contribution in [3.05, 3.63) is 52.1 Å². The number of carbonyl (C=O) groups is 2. The van der Waals surface area contributed by atoms with Crippen LogP contribution < -0.4 is 16.0 Å². The monoisotopic (exact) mass is 540 g/mol. The van der Waals surface area contributed by atoms with E-state index in [9.17, 15) is 14.7 Å². The van der Waals surface area contributed by atoms with Gasteiger partial charge in [0.2, 0.25) is 5.91 Å². The molecule has 0 spiro atoms. The van der Waals surface area contributed by atoms with Gasteiger partial charge in [0.15, 0.2) is 11.5 Å². The molecular formula is C28H30Cl2N4O3. The molecule has 1 saturated heterocycles. The molecule has 37 heavy (non-hydrogen) atoms. The SMILES string of the molecule is CC(=O)c1cnc2ccc(-c3cc(Cl)c(O)c(Cl)c3)cc2c1NC1CCC(NC(=O)[C@@H]2CCCN2)CC1. The van der Waals surface area contributed by atoms with E-state index < -0.39 is 0 Å². The number of hydrogen-bond acceptors (Lipinski definition) is 6. The van der Waals surface area contributed by atoms with Crippen molar-refractivity contribution in [3.8, 4) is 16.9 Å². The Labute approximate surface area is 225 Å². The van der Waals surface area contributed by atoms with E-state index in [1.165, 1.54) is 0 Å². The first-order chi connectivity index (χ1) is 17.8. The highest BCUT2D eigenvalue weighted by Gasteiger charge is 2.28. The molecule has 7 nitrogen and oxygen atoms in total. The van der Waals surface area contributed by atoms with Crippen LogP contribution in [-0.4, -0.2) is 46.5 Å². The standard InChI is InChI=1S/C28H30Cl2N4O3/c1-15(35)21-14-32-24-9-4-16(17-12-22(29)27(36)23(30)13-17)11-20(24)26(21)33-18-5-7-19(8-6-18)34-28(37)25-3-2-10-31-25/h4,9,11-14,18-19,25,31,36H,2-3,5-8,10H2,1H3,(H,32,33)(H,34,37)/t18?,19?,25-/m0/s1. The number of aromatic hydroxyl groups is 1. The highest BCUT2D eigenvalue weighted by atomic mass is 35.5. The van der Waals surface area contributed by atoms with Crippen molar-refractivity contribution in [1.29, 1.82) is 0 Å². The molecule has 4 N–H and O–H groups in total. The van der Waals surface area contributed by atoms with Gasteiger partial charge < -0.3 is 21.1 Å². The van der Waals surface area contributed by atoms with Gasteiger partial charge in [0.1, 0.15) is 0 Å². The number of rotatable bonds is 6. The van der Waals surface area contributed by atoms with E-state index in [1.54, 1.807) is 25.3 Å². The number of amides is 1. The molecule has 1 aromatic heterocycles. The fourth-order valence-electron chi connectivity index (χ4n) is 5.32. The van der Waals surface area contributed by atoms with Crippen molar-refractivity contribution in [1.82, 2.24) is 15.6 Å². The minimum absolute atomic E-state index is 0.0651. The van der Waals surface area contributed by atoms with Crippen LogP contribution in [0.4, 0.5) is 5.69 Å². The topological polar surface area (TPSA) is 103 Å². The summed E-state index contributed by atoms with van der Waals surface area (Å²) in [6.45, 7) is 2.45. The third-order valence-corrected chi connectivity index (χ3v) is 7.97.